The summed E-state index contributed by atoms with van der Waals surface area (Å²) < 4.78 is 11.7. The number of carbonyl (C=O) groups excluding carboxylic acids is 2. The fourth-order valence-corrected chi connectivity index (χ4v) is 4.14. The maximum absolute atomic E-state index is 13.0. The minimum atomic E-state index is -0.830. The van der Waals surface area contributed by atoms with Crippen LogP contribution in [0.25, 0.3) is 0 Å². The van der Waals surface area contributed by atoms with E-state index in [-0.39, 0.29) is 24.0 Å². The Kier molecular flexibility index (Phi) is 3.55. The molecule has 0 spiro atoms. The van der Waals surface area contributed by atoms with E-state index in [4.69, 9.17) is 9.47 Å². The Labute approximate surface area is 141 Å². The van der Waals surface area contributed by atoms with Crippen LogP contribution in [0.2, 0.25) is 0 Å². The zero-order valence-corrected chi connectivity index (χ0v) is 14.4. The van der Waals surface area contributed by atoms with Crippen molar-refractivity contribution >= 4 is 11.7 Å². The van der Waals surface area contributed by atoms with Crippen LogP contribution in [0.3, 0.4) is 0 Å². The van der Waals surface area contributed by atoms with Crippen LogP contribution >= 0.6 is 0 Å². The maximum atomic E-state index is 13.0. The zero-order valence-electron chi connectivity index (χ0n) is 14.4. The number of ketones is 1. The van der Waals surface area contributed by atoms with Gasteiger partial charge in [-0.05, 0) is 38.3 Å². The third kappa shape index (κ3) is 2.56. The van der Waals surface area contributed by atoms with Crippen LogP contribution in [-0.4, -0.2) is 41.1 Å². The standard InChI is InChI=1S/C19H23NO4/c1-11-4-5-12-10-20-7-6-13(14(12)8-11)15(21)9-16-17(18(20)22)24-19(2,3)23-16/h4-5,8,13,16-17H,6-7,9-10H2,1-3H3/t13?,16-,17+/m1/s1. The second kappa shape index (κ2) is 5.39. The molecule has 1 aromatic rings. The number of hydrogen-bond donors (Lipinski definition) is 0. The summed E-state index contributed by atoms with van der Waals surface area (Å²) in [6, 6.07) is 6.19. The molecule has 5 nitrogen and oxygen atoms in total. The van der Waals surface area contributed by atoms with Crippen molar-refractivity contribution in [3.05, 3.63) is 34.9 Å². The molecule has 2 fully saturated rings. The van der Waals surface area contributed by atoms with Crippen molar-refractivity contribution in [2.24, 2.45) is 0 Å². The molecule has 1 unspecified atom stereocenters. The van der Waals surface area contributed by atoms with E-state index in [1.54, 1.807) is 13.8 Å². The number of fused-ring (bicyclic) bond motifs is 6. The number of rotatable bonds is 0. The molecule has 0 saturated carbocycles. The second-order valence-electron chi connectivity index (χ2n) is 7.57. The molecule has 3 aliphatic rings. The average Bonchev–Trinajstić information content (AvgIpc) is 2.71. The molecule has 0 aromatic heterocycles. The third-order valence-corrected chi connectivity index (χ3v) is 5.26. The van der Waals surface area contributed by atoms with Gasteiger partial charge in [-0.25, -0.2) is 0 Å². The molecule has 2 saturated heterocycles. The number of ether oxygens (including phenoxy) is 2. The topological polar surface area (TPSA) is 55.8 Å². The summed E-state index contributed by atoms with van der Waals surface area (Å²) in [5, 5.41) is 0. The number of Topliss-reactive ketones (excluding diaryl/α,β-unsaturated/α-hetero) is 1. The molecular formula is C19H23NO4. The van der Waals surface area contributed by atoms with E-state index in [0.29, 0.717) is 19.5 Å². The normalized spacial score (nSPS) is 31.8. The van der Waals surface area contributed by atoms with Crippen molar-refractivity contribution in [2.45, 2.75) is 64.1 Å². The summed E-state index contributed by atoms with van der Waals surface area (Å²) in [5.74, 6) is -0.908. The highest BCUT2D eigenvalue weighted by Crippen LogP contribution is 2.38. The first kappa shape index (κ1) is 15.8. The minimum Gasteiger partial charge on any atom is -0.344 e. The third-order valence-electron chi connectivity index (χ3n) is 5.26. The summed E-state index contributed by atoms with van der Waals surface area (Å²) in [6.45, 7) is 6.74. The lowest BCUT2D eigenvalue weighted by atomic mass is 9.85. The lowest BCUT2D eigenvalue weighted by molar-refractivity contribution is -0.162. The Bertz CT molecular complexity index is 711. The van der Waals surface area contributed by atoms with E-state index >= 15 is 0 Å². The van der Waals surface area contributed by atoms with Crippen LogP contribution in [-0.2, 0) is 25.6 Å². The number of hydrogen-bond acceptors (Lipinski definition) is 4. The molecule has 1 amide bonds. The zero-order chi connectivity index (χ0) is 17.1. The van der Waals surface area contributed by atoms with Gasteiger partial charge in [0.1, 0.15) is 11.9 Å². The molecule has 3 atom stereocenters. The van der Waals surface area contributed by atoms with Crippen molar-refractivity contribution in [3.63, 3.8) is 0 Å². The molecule has 2 bridgehead atoms. The van der Waals surface area contributed by atoms with Crippen molar-refractivity contribution < 1.29 is 19.1 Å². The number of aryl methyl sites for hydroxylation is 1. The average molecular weight is 329 g/mol. The first-order valence-electron chi connectivity index (χ1n) is 8.60. The Morgan fingerprint density at radius 3 is 2.79 bits per heavy atom. The van der Waals surface area contributed by atoms with E-state index in [2.05, 4.69) is 6.07 Å². The van der Waals surface area contributed by atoms with Crippen molar-refractivity contribution in [3.8, 4) is 0 Å². The Hall–Kier alpha value is -1.72. The van der Waals surface area contributed by atoms with Crippen LogP contribution < -0.4 is 0 Å². The van der Waals surface area contributed by atoms with Gasteiger partial charge in [0.15, 0.2) is 11.9 Å². The van der Waals surface area contributed by atoms with Gasteiger partial charge in [0.05, 0.1) is 0 Å². The molecule has 3 aliphatic heterocycles. The quantitative estimate of drug-likeness (QED) is 0.733. The second-order valence-corrected chi connectivity index (χ2v) is 7.57. The fraction of sp³-hybridized carbons (Fsp3) is 0.579. The van der Waals surface area contributed by atoms with Crippen LogP contribution in [0, 0.1) is 6.92 Å². The molecule has 1 aromatic carbocycles. The van der Waals surface area contributed by atoms with Gasteiger partial charge in [-0.2, -0.15) is 0 Å². The van der Waals surface area contributed by atoms with Crippen molar-refractivity contribution in [1.82, 2.24) is 4.90 Å². The van der Waals surface area contributed by atoms with Gasteiger partial charge in [-0.1, -0.05) is 23.8 Å². The van der Waals surface area contributed by atoms with E-state index < -0.39 is 18.0 Å². The highest BCUT2D eigenvalue weighted by Gasteiger charge is 2.49. The van der Waals surface area contributed by atoms with Crippen LogP contribution in [0.5, 0.6) is 0 Å². The Balaban J connectivity index is 1.79. The molecule has 128 valence electrons. The Morgan fingerprint density at radius 1 is 1.21 bits per heavy atom. The van der Waals surface area contributed by atoms with Gasteiger partial charge < -0.3 is 14.4 Å². The Morgan fingerprint density at radius 2 is 2.00 bits per heavy atom. The number of amides is 1. The van der Waals surface area contributed by atoms with E-state index in [1.807, 2.05) is 24.0 Å². The summed E-state index contributed by atoms with van der Waals surface area (Å²) >= 11 is 0. The molecular weight excluding hydrogens is 306 g/mol. The monoisotopic (exact) mass is 329 g/mol. The van der Waals surface area contributed by atoms with Crippen molar-refractivity contribution in [1.29, 1.82) is 0 Å². The maximum Gasteiger partial charge on any atom is 0.254 e. The summed E-state index contributed by atoms with van der Waals surface area (Å²) in [6.07, 6.45) is -0.278. The molecule has 4 rings (SSSR count). The van der Waals surface area contributed by atoms with Gasteiger partial charge in [-0.3, -0.25) is 9.59 Å². The lowest BCUT2D eigenvalue weighted by Crippen LogP contribution is -2.43. The van der Waals surface area contributed by atoms with Gasteiger partial charge in [-0.15, -0.1) is 0 Å². The van der Waals surface area contributed by atoms with E-state index in [9.17, 15) is 9.59 Å². The molecule has 0 aliphatic carbocycles. The fourth-order valence-electron chi connectivity index (χ4n) is 4.14. The molecule has 24 heavy (non-hydrogen) atoms. The SMILES string of the molecule is Cc1ccc2c(c1)C1CCN(C2)C(=O)[C@H]2OC(C)(C)O[C@@H]2CC1=O. The molecule has 3 heterocycles. The van der Waals surface area contributed by atoms with Gasteiger partial charge >= 0.3 is 0 Å². The minimum absolute atomic E-state index is 0.0625. The van der Waals surface area contributed by atoms with Gasteiger partial charge in [0.2, 0.25) is 0 Å². The summed E-state index contributed by atoms with van der Waals surface area (Å²) in [5.41, 5.74) is 3.29. The molecule has 5 heteroatoms. The summed E-state index contributed by atoms with van der Waals surface area (Å²) in [7, 11) is 0. The van der Waals surface area contributed by atoms with E-state index in [0.717, 1.165) is 16.7 Å². The van der Waals surface area contributed by atoms with Gasteiger partial charge in [0.25, 0.3) is 5.91 Å². The summed E-state index contributed by atoms with van der Waals surface area (Å²) in [4.78, 5) is 27.8. The number of carbonyl (C=O) groups is 2. The van der Waals surface area contributed by atoms with Crippen molar-refractivity contribution in [2.75, 3.05) is 6.54 Å². The van der Waals surface area contributed by atoms with Gasteiger partial charge in [0, 0.05) is 25.4 Å². The smallest absolute Gasteiger partial charge is 0.254 e. The highest BCUT2D eigenvalue weighted by atomic mass is 16.8. The molecule has 0 radical (unpaired) electrons. The first-order chi connectivity index (χ1) is 11.3. The van der Waals surface area contributed by atoms with Crippen LogP contribution in [0.15, 0.2) is 18.2 Å². The predicted molar refractivity (Wildman–Crippen MR) is 87.4 cm³/mol. The van der Waals surface area contributed by atoms with Crippen LogP contribution in [0.4, 0.5) is 0 Å². The first-order valence-corrected chi connectivity index (χ1v) is 8.60. The molecule has 0 N–H and O–H groups in total. The highest BCUT2D eigenvalue weighted by molar-refractivity contribution is 5.90. The van der Waals surface area contributed by atoms with Crippen LogP contribution in [0.1, 0.15) is 49.3 Å². The van der Waals surface area contributed by atoms with E-state index in [1.165, 1.54) is 0 Å². The number of nitrogens with zero attached hydrogens (tertiary/aromatic N) is 1. The lowest BCUT2D eigenvalue weighted by Gasteiger charge is -2.26. The predicted octanol–water partition coefficient (Wildman–Crippen LogP) is 2.30. The largest absolute Gasteiger partial charge is 0.344 e. The number of benzene rings is 1.